The number of hydrogen-bond donors (Lipinski definition) is 1. The summed E-state index contributed by atoms with van der Waals surface area (Å²) in [6.45, 7) is 16.5. The van der Waals surface area contributed by atoms with Gasteiger partial charge >= 0.3 is 17.9 Å². The van der Waals surface area contributed by atoms with Gasteiger partial charge in [-0.3, -0.25) is 0 Å². The second kappa shape index (κ2) is 18.0. The first-order valence-electron chi connectivity index (χ1n) is 9.27. The monoisotopic (exact) mass is 398 g/mol. The molecule has 160 valence electrons. The van der Waals surface area contributed by atoms with Gasteiger partial charge in [0, 0.05) is 23.8 Å². The highest BCUT2D eigenvalue weighted by Gasteiger charge is 2.17. The van der Waals surface area contributed by atoms with Crippen molar-refractivity contribution >= 4 is 17.9 Å². The second-order valence-corrected chi connectivity index (χ2v) is 6.10. The lowest BCUT2D eigenvalue weighted by Crippen LogP contribution is -2.20. The minimum Gasteiger partial charge on any atom is -0.478 e. The predicted octanol–water partition coefficient (Wildman–Crippen LogP) is 3.84. The largest absolute Gasteiger partial charge is 0.478 e. The van der Waals surface area contributed by atoms with Crippen LogP contribution in [-0.4, -0.2) is 48.9 Å². The molecule has 1 saturated carbocycles. The molecule has 0 spiro atoms. The van der Waals surface area contributed by atoms with Crippen LogP contribution in [0.3, 0.4) is 0 Å². The van der Waals surface area contributed by atoms with Crippen molar-refractivity contribution in [3.63, 3.8) is 0 Å². The molecule has 0 aromatic carbocycles. The van der Waals surface area contributed by atoms with Crippen molar-refractivity contribution in [1.82, 2.24) is 0 Å². The molecule has 1 fully saturated rings. The van der Waals surface area contributed by atoms with E-state index in [1.165, 1.54) is 19.3 Å². The Morgan fingerprint density at radius 2 is 1.50 bits per heavy atom. The molecule has 0 heterocycles. The average molecular weight is 398 g/mol. The molecule has 0 saturated heterocycles. The number of ether oxygens (including phenoxy) is 3. The van der Waals surface area contributed by atoms with E-state index in [9.17, 15) is 14.4 Å². The van der Waals surface area contributed by atoms with E-state index < -0.39 is 5.97 Å². The van der Waals surface area contributed by atoms with Gasteiger partial charge in [0.1, 0.15) is 12.7 Å². The fourth-order valence-corrected chi connectivity index (χ4v) is 1.90. The van der Waals surface area contributed by atoms with E-state index in [2.05, 4.69) is 19.7 Å². The Morgan fingerprint density at radius 3 is 1.89 bits per heavy atom. The van der Waals surface area contributed by atoms with Crippen LogP contribution in [-0.2, 0) is 28.6 Å². The van der Waals surface area contributed by atoms with Gasteiger partial charge in [0.2, 0.25) is 0 Å². The SMILES string of the molecule is C=C(C)C(=O)OC1CCCCC1.C=C(C)C(=O)OCCOCC.C=CC(=O)O. The third-order valence-corrected chi connectivity index (χ3v) is 3.36. The number of esters is 2. The van der Waals surface area contributed by atoms with Crippen LogP contribution in [0.4, 0.5) is 0 Å². The molecule has 28 heavy (non-hydrogen) atoms. The smallest absolute Gasteiger partial charge is 0.333 e. The van der Waals surface area contributed by atoms with Gasteiger partial charge in [0.25, 0.3) is 0 Å². The number of carboxylic acid groups (broad SMARTS) is 1. The summed E-state index contributed by atoms with van der Waals surface area (Å²) >= 11 is 0. The van der Waals surface area contributed by atoms with E-state index in [0.29, 0.717) is 31.0 Å². The van der Waals surface area contributed by atoms with Crippen LogP contribution in [0, 0.1) is 0 Å². The number of rotatable bonds is 8. The van der Waals surface area contributed by atoms with Gasteiger partial charge < -0.3 is 19.3 Å². The summed E-state index contributed by atoms with van der Waals surface area (Å²) in [5.74, 6) is -1.57. The van der Waals surface area contributed by atoms with Crippen molar-refractivity contribution in [3.8, 4) is 0 Å². The minimum absolute atomic E-state index is 0.156. The standard InChI is InChI=1S/C10H16O2.C8H14O3.C3H4O2/c1-8(2)10(11)12-9-6-4-3-5-7-9;1-4-10-5-6-11-8(9)7(2)3;1-2-3(4)5/h9H,1,3-7H2,2H3;2,4-6H2,1,3H3;2H,1H2,(H,4,5). The average Bonchev–Trinajstić information content (AvgIpc) is 2.66. The van der Waals surface area contributed by atoms with Crippen molar-refractivity contribution in [2.45, 2.75) is 59.0 Å². The van der Waals surface area contributed by atoms with E-state index in [1.807, 2.05) is 6.92 Å². The van der Waals surface area contributed by atoms with Crippen molar-refractivity contribution < 1.29 is 33.7 Å². The first kappa shape index (κ1) is 27.8. The molecule has 0 aromatic heterocycles. The summed E-state index contributed by atoms with van der Waals surface area (Å²) in [6.07, 6.45) is 6.70. The Kier molecular flexibility index (Phi) is 17.9. The molecule has 0 atom stereocenters. The van der Waals surface area contributed by atoms with Crippen LogP contribution in [0.25, 0.3) is 0 Å². The second-order valence-electron chi connectivity index (χ2n) is 6.10. The lowest BCUT2D eigenvalue weighted by Gasteiger charge is -2.21. The number of carbonyl (C=O) groups excluding carboxylic acids is 2. The molecule has 1 aliphatic rings. The molecule has 0 unspecified atom stereocenters. The topological polar surface area (TPSA) is 99.1 Å². The van der Waals surface area contributed by atoms with Gasteiger partial charge in [0.05, 0.1) is 6.61 Å². The van der Waals surface area contributed by atoms with E-state index >= 15 is 0 Å². The fourth-order valence-electron chi connectivity index (χ4n) is 1.90. The zero-order chi connectivity index (χ0) is 21.9. The lowest BCUT2D eigenvalue weighted by atomic mass is 9.98. The zero-order valence-electron chi connectivity index (χ0n) is 17.3. The van der Waals surface area contributed by atoms with Crippen molar-refractivity contribution in [2.75, 3.05) is 19.8 Å². The summed E-state index contributed by atoms with van der Waals surface area (Å²) in [5, 5.41) is 7.60. The highest BCUT2D eigenvalue weighted by Crippen LogP contribution is 2.20. The Morgan fingerprint density at radius 1 is 1.00 bits per heavy atom. The molecule has 0 aliphatic heterocycles. The van der Waals surface area contributed by atoms with Crippen LogP contribution in [0.15, 0.2) is 37.0 Å². The van der Waals surface area contributed by atoms with Crippen molar-refractivity contribution in [2.24, 2.45) is 0 Å². The van der Waals surface area contributed by atoms with Gasteiger partial charge in [-0.25, -0.2) is 14.4 Å². The van der Waals surface area contributed by atoms with Crippen LogP contribution in [0.1, 0.15) is 52.9 Å². The van der Waals surface area contributed by atoms with Gasteiger partial charge in [0.15, 0.2) is 0 Å². The third kappa shape index (κ3) is 18.4. The molecule has 1 N–H and O–H groups in total. The summed E-state index contributed by atoms with van der Waals surface area (Å²) in [6, 6.07) is 0. The Labute approximate surface area is 168 Å². The Hall–Kier alpha value is -2.41. The number of carboxylic acids is 1. The van der Waals surface area contributed by atoms with E-state index in [0.717, 1.165) is 18.9 Å². The van der Waals surface area contributed by atoms with E-state index in [1.54, 1.807) is 13.8 Å². The van der Waals surface area contributed by atoms with Crippen LogP contribution in [0.5, 0.6) is 0 Å². The summed E-state index contributed by atoms with van der Waals surface area (Å²) in [7, 11) is 0. The third-order valence-electron chi connectivity index (χ3n) is 3.36. The van der Waals surface area contributed by atoms with Crippen LogP contribution < -0.4 is 0 Å². The van der Waals surface area contributed by atoms with Crippen LogP contribution in [0.2, 0.25) is 0 Å². The molecule has 7 nitrogen and oxygen atoms in total. The first-order chi connectivity index (χ1) is 13.1. The van der Waals surface area contributed by atoms with E-state index in [4.69, 9.17) is 19.3 Å². The lowest BCUT2D eigenvalue weighted by molar-refractivity contribution is -0.145. The molecule has 1 aliphatic carbocycles. The highest BCUT2D eigenvalue weighted by molar-refractivity contribution is 5.87. The number of hydrogen-bond acceptors (Lipinski definition) is 6. The maximum Gasteiger partial charge on any atom is 0.333 e. The number of carbonyl (C=O) groups is 3. The summed E-state index contributed by atoms with van der Waals surface area (Å²) < 4.78 is 14.9. The van der Waals surface area contributed by atoms with Gasteiger partial charge in [-0.15, -0.1) is 0 Å². The number of aliphatic carboxylic acids is 1. The van der Waals surface area contributed by atoms with Crippen molar-refractivity contribution in [1.29, 1.82) is 0 Å². The molecular formula is C21H34O7. The molecule has 0 radical (unpaired) electrons. The minimum atomic E-state index is -0.981. The molecular weight excluding hydrogens is 364 g/mol. The quantitative estimate of drug-likeness (QED) is 0.377. The molecule has 0 bridgehead atoms. The Bertz CT molecular complexity index is 517. The Balaban J connectivity index is 0. The first-order valence-corrected chi connectivity index (χ1v) is 9.27. The van der Waals surface area contributed by atoms with Gasteiger partial charge in [-0.05, 0) is 46.5 Å². The van der Waals surface area contributed by atoms with Gasteiger partial charge in [-0.1, -0.05) is 26.2 Å². The van der Waals surface area contributed by atoms with Gasteiger partial charge in [-0.2, -0.15) is 0 Å². The van der Waals surface area contributed by atoms with E-state index in [-0.39, 0.29) is 18.0 Å². The van der Waals surface area contributed by atoms with Crippen LogP contribution >= 0.6 is 0 Å². The fraction of sp³-hybridized carbons (Fsp3) is 0.571. The summed E-state index contributed by atoms with van der Waals surface area (Å²) in [4.78, 5) is 31.1. The normalized spacial score (nSPS) is 12.8. The molecule has 7 heteroatoms. The van der Waals surface area contributed by atoms with Crippen molar-refractivity contribution in [3.05, 3.63) is 37.0 Å². The zero-order valence-corrected chi connectivity index (χ0v) is 17.3. The predicted molar refractivity (Wildman–Crippen MR) is 108 cm³/mol. The maximum absolute atomic E-state index is 11.1. The summed E-state index contributed by atoms with van der Waals surface area (Å²) in [5.41, 5.74) is 0.919. The molecule has 1 rings (SSSR count). The maximum atomic E-state index is 11.1. The highest BCUT2D eigenvalue weighted by atomic mass is 16.6. The molecule has 0 amide bonds. The molecule has 0 aromatic rings.